The van der Waals surface area contributed by atoms with Gasteiger partial charge in [0.2, 0.25) is 0 Å². The summed E-state index contributed by atoms with van der Waals surface area (Å²) in [6, 6.07) is 5.50. The Balaban J connectivity index is 2.10. The van der Waals surface area contributed by atoms with Crippen molar-refractivity contribution in [2.75, 3.05) is 0 Å². The fourth-order valence-corrected chi connectivity index (χ4v) is 3.31. The molecule has 1 aromatic rings. The Hall–Kier alpha value is -0.340. The lowest BCUT2D eigenvalue weighted by Gasteiger charge is -2.27. The van der Waals surface area contributed by atoms with Gasteiger partial charge in [-0.1, -0.05) is 40.9 Å². The van der Waals surface area contributed by atoms with Crippen LogP contribution >= 0.6 is 27.5 Å². The van der Waals surface area contributed by atoms with Crippen LogP contribution in [0.1, 0.15) is 49.4 Å². The van der Waals surface area contributed by atoms with Crippen LogP contribution in [-0.4, -0.2) is 5.78 Å². The molecule has 18 heavy (non-hydrogen) atoms. The second kappa shape index (κ2) is 6.21. The average Bonchev–Trinajstić information content (AvgIpc) is 2.41. The Morgan fingerprint density at radius 2 is 2.00 bits per heavy atom. The van der Waals surface area contributed by atoms with Gasteiger partial charge in [-0.25, -0.2) is 0 Å². The molecule has 0 heterocycles. The van der Waals surface area contributed by atoms with E-state index in [0.29, 0.717) is 10.6 Å². The number of halogens is 2. The van der Waals surface area contributed by atoms with E-state index in [1.807, 2.05) is 12.1 Å². The smallest absolute Gasteiger partial charge is 0.167 e. The van der Waals surface area contributed by atoms with Crippen LogP contribution < -0.4 is 0 Å². The molecule has 0 aromatic heterocycles. The second-order valence-corrected chi connectivity index (χ2v) is 6.44. The van der Waals surface area contributed by atoms with Gasteiger partial charge in [0.1, 0.15) is 0 Å². The molecular weight excluding hydrogens is 312 g/mol. The van der Waals surface area contributed by atoms with Crippen LogP contribution in [0.4, 0.5) is 0 Å². The molecule has 0 atom stereocenters. The molecule has 1 saturated carbocycles. The van der Waals surface area contributed by atoms with Gasteiger partial charge in [0, 0.05) is 16.0 Å². The minimum Gasteiger partial charge on any atom is -0.294 e. The molecule has 2 rings (SSSR count). The molecule has 0 bridgehead atoms. The first-order valence-corrected chi connectivity index (χ1v) is 7.78. The molecule has 3 heteroatoms. The van der Waals surface area contributed by atoms with Crippen molar-refractivity contribution in [3.63, 3.8) is 0 Å². The molecular formula is C15H18BrClO. The third kappa shape index (κ3) is 3.16. The van der Waals surface area contributed by atoms with E-state index in [2.05, 4.69) is 22.9 Å². The van der Waals surface area contributed by atoms with Crippen LogP contribution in [0.25, 0.3) is 0 Å². The number of hydrogen-bond acceptors (Lipinski definition) is 1. The van der Waals surface area contributed by atoms with E-state index >= 15 is 0 Å². The van der Waals surface area contributed by atoms with Crippen molar-refractivity contribution in [2.45, 2.75) is 39.0 Å². The highest BCUT2D eigenvalue weighted by molar-refractivity contribution is 9.10. The van der Waals surface area contributed by atoms with Crippen molar-refractivity contribution in [1.29, 1.82) is 0 Å². The van der Waals surface area contributed by atoms with Gasteiger partial charge in [-0.05, 0) is 49.8 Å². The molecule has 1 nitrogen and oxygen atoms in total. The standard InChI is InChI=1S/C15H18BrClO/c1-2-10-3-5-11(6-4-10)15(18)13-9-12(16)7-8-14(13)17/h7-11H,2-6H2,1H3. The summed E-state index contributed by atoms with van der Waals surface area (Å²) < 4.78 is 0.914. The predicted octanol–water partition coefficient (Wildman–Crippen LogP) is 5.50. The van der Waals surface area contributed by atoms with Crippen molar-refractivity contribution in [3.05, 3.63) is 33.3 Å². The molecule has 1 aliphatic carbocycles. The third-order valence-corrected chi connectivity index (χ3v) is 4.81. The van der Waals surface area contributed by atoms with Crippen LogP contribution in [0, 0.1) is 11.8 Å². The zero-order valence-corrected chi connectivity index (χ0v) is 12.9. The van der Waals surface area contributed by atoms with Crippen molar-refractivity contribution in [2.24, 2.45) is 11.8 Å². The Morgan fingerprint density at radius 3 is 2.61 bits per heavy atom. The Morgan fingerprint density at radius 1 is 1.33 bits per heavy atom. The summed E-state index contributed by atoms with van der Waals surface area (Å²) in [7, 11) is 0. The Labute approximate surface area is 122 Å². The normalized spacial score (nSPS) is 23.9. The van der Waals surface area contributed by atoms with E-state index in [-0.39, 0.29) is 11.7 Å². The Bertz CT molecular complexity index is 436. The molecule has 0 spiro atoms. The van der Waals surface area contributed by atoms with Crippen molar-refractivity contribution in [3.8, 4) is 0 Å². The van der Waals surface area contributed by atoms with Crippen molar-refractivity contribution in [1.82, 2.24) is 0 Å². The summed E-state index contributed by atoms with van der Waals surface area (Å²) in [6.07, 6.45) is 5.62. The van der Waals surface area contributed by atoms with Gasteiger partial charge in [-0.15, -0.1) is 0 Å². The summed E-state index contributed by atoms with van der Waals surface area (Å²) in [4.78, 5) is 12.5. The van der Waals surface area contributed by atoms with E-state index in [0.717, 1.165) is 23.2 Å². The molecule has 1 aromatic carbocycles. The highest BCUT2D eigenvalue weighted by atomic mass is 79.9. The summed E-state index contributed by atoms with van der Waals surface area (Å²) in [6.45, 7) is 2.23. The number of benzene rings is 1. The molecule has 0 aliphatic heterocycles. The topological polar surface area (TPSA) is 17.1 Å². The van der Waals surface area contributed by atoms with Crippen LogP contribution in [-0.2, 0) is 0 Å². The third-order valence-electron chi connectivity index (χ3n) is 3.99. The summed E-state index contributed by atoms with van der Waals surface area (Å²) >= 11 is 9.52. The molecule has 0 saturated heterocycles. The first-order chi connectivity index (χ1) is 8.61. The zero-order chi connectivity index (χ0) is 13.1. The maximum atomic E-state index is 12.5. The van der Waals surface area contributed by atoms with Gasteiger partial charge in [0.15, 0.2) is 5.78 Å². The van der Waals surface area contributed by atoms with E-state index in [1.54, 1.807) is 6.07 Å². The van der Waals surface area contributed by atoms with Gasteiger partial charge in [-0.3, -0.25) is 4.79 Å². The maximum Gasteiger partial charge on any atom is 0.167 e. The van der Waals surface area contributed by atoms with Crippen LogP contribution in [0.2, 0.25) is 5.02 Å². The van der Waals surface area contributed by atoms with E-state index in [9.17, 15) is 4.79 Å². The SMILES string of the molecule is CCC1CCC(C(=O)c2cc(Br)ccc2Cl)CC1. The molecule has 0 N–H and O–H groups in total. The van der Waals surface area contributed by atoms with E-state index < -0.39 is 0 Å². The Kier molecular flexibility index (Phi) is 4.85. The quantitative estimate of drug-likeness (QED) is 0.669. The number of ketones is 1. The van der Waals surface area contributed by atoms with Crippen LogP contribution in [0.5, 0.6) is 0 Å². The maximum absolute atomic E-state index is 12.5. The van der Waals surface area contributed by atoms with Gasteiger partial charge in [0.05, 0.1) is 5.02 Å². The van der Waals surface area contributed by atoms with Crippen LogP contribution in [0.3, 0.4) is 0 Å². The summed E-state index contributed by atoms with van der Waals surface area (Å²) in [5.74, 6) is 1.20. The van der Waals surface area contributed by atoms with Crippen molar-refractivity contribution >= 4 is 33.3 Å². The molecule has 1 aliphatic rings. The number of carbonyl (C=O) groups excluding carboxylic acids is 1. The van der Waals surface area contributed by atoms with Gasteiger partial charge >= 0.3 is 0 Å². The molecule has 0 unspecified atom stereocenters. The van der Waals surface area contributed by atoms with E-state index in [4.69, 9.17) is 11.6 Å². The number of rotatable bonds is 3. The molecule has 98 valence electrons. The lowest BCUT2D eigenvalue weighted by atomic mass is 9.78. The van der Waals surface area contributed by atoms with Gasteiger partial charge in [-0.2, -0.15) is 0 Å². The molecule has 0 amide bonds. The van der Waals surface area contributed by atoms with Crippen molar-refractivity contribution < 1.29 is 4.79 Å². The summed E-state index contributed by atoms with van der Waals surface area (Å²) in [5, 5.41) is 0.570. The van der Waals surface area contributed by atoms with Gasteiger partial charge in [0.25, 0.3) is 0 Å². The fraction of sp³-hybridized carbons (Fsp3) is 0.533. The highest BCUT2D eigenvalue weighted by Gasteiger charge is 2.27. The fourth-order valence-electron chi connectivity index (χ4n) is 2.74. The first kappa shape index (κ1) is 14.1. The number of Topliss-reactive ketones (excluding diaryl/α,β-unsaturated/α-hetero) is 1. The first-order valence-electron chi connectivity index (χ1n) is 6.61. The monoisotopic (exact) mass is 328 g/mol. The molecule has 0 radical (unpaired) electrons. The zero-order valence-electron chi connectivity index (χ0n) is 10.6. The number of hydrogen-bond donors (Lipinski definition) is 0. The van der Waals surface area contributed by atoms with E-state index in [1.165, 1.54) is 19.3 Å². The predicted molar refractivity (Wildman–Crippen MR) is 79.2 cm³/mol. The lowest BCUT2D eigenvalue weighted by molar-refractivity contribution is 0.0871. The highest BCUT2D eigenvalue weighted by Crippen LogP contribution is 2.34. The minimum absolute atomic E-state index is 0.166. The van der Waals surface area contributed by atoms with Crippen LogP contribution in [0.15, 0.2) is 22.7 Å². The van der Waals surface area contributed by atoms with Gasteiger partial charge < -0.3 is 0 Å². The molecule has 1 fully saturated rings. The average molecular weight is 330 g/mol. The second-order valence-electron chi connectivity index (χ2n) is 5.11. The number of carbonyl (C=O) groups is 1. The minimum atomic E-state index is 0.166. The summed E-state index contributed by atoms with van der Waals surface area (Å²) in [5.41, 5.74) is 0.672. The lowest BCUT2D eigenvalue weighted by Crippen LogP contribution is -2.22. The largest absolute Gasteiger partial charge is 0.294 e.